The summed E-state index contributed by atoms with van der Waals surface area (Å²) in [6, 6.07) is 19.2. The Labute approximate surface area is 119 Å². The fourth-order valence-corrected chi connectivity index (χ4v) is 1.91. The van der Waals surface area contributed by atoms with Gasteiger partial charge in [0.2, 0.25) is 0 Å². The van der Waals surface area contributed by atoms with Crippen LogP contribution in [0.5, 0.6) is 5.75 Å². The summed E-state index contributed by atoms with van der Waals surface area (Å²) in [5.74, 6) is 0.577. The van der Waals surface area contributed by atoms with Gasteiger partial charge in [0.25, 0.3) is 5.91 Å². The molecule has 2 atom stereocenters. The summed E-state index contributed by atoms with van der Waals surface area (Å²) in [5.41, 5.74) is 1.08. The molecular formula is C17H19NO2. The first-order valence-electron chi connectivity index (χ1n) is 6.74. The average Bonchev–Trinajstić information content (AvgIpc) is 2.49. The maximum Gasteiger partial charge on any atom is 0.261 e. The van der Waals surface area contributed by atoms with Crippen LogP contribution >= 0.6 is 0 Å². The van der Waals surface area contributed by atoms with Gasteiger partial charge in [-0.05, 0) is 31.5 Å². The summed E-state index contributed by atoms with van der Waals surface area (Å²) in [6.45, 7) is 3.71. The van der Waals surface area contributed by atoms with Gasteiger partial charge in [-0.25, -0.2) is 0 Å². The quantitative estimate of drug-likeness (QED) is 0.904. The van der Waals surface area contributed by atoms with Crippen molar-refractivity contribution in [3.8, 4) is 5.75 Å². The number of para-hydroxylation sites is 1. The van der Waals surface area contributed by atoms with E-state index < -0.39 is 6.10 Å². The molecule has 1 N–H and O–H groups in total. The zero-order valence-electron chi connectivity index (χ0n) is 11.7. The molecule has 0 saturated carbocycles. The second-order valence-electron chi connectivity index (χ2n) is 4.71. The number of benzene rings is 2. The third kappa shape index (κ3) is 3.85. The minimum Gasteiger partial charge on any atom is -0.481 e. The highest BCUT2D eigenvalue weighted by atomic mass is 16.5. The molecule has 3 nitrogen and oxygen atoms in total. The molecule has 0 radical (unpaired) electrons. The Bertz CT molecular complexity index is 539. The molecule has 0 aliphatic carbocycles. The molecule has 2 aromatic carbocycles. The summed E-state index contributed by atoms with van der Waals surface area (Å²) in [7, 11) is 0. The molecule has 0 heterocycles. The summed E-state index contributed by atoms with van der Waals surface area (Å²) in [6.07, 6.45) is -0.524. The first kappa shape index (κ1) is 14.1. The number of hydrogen-bond donors (Lipinski definition) is 1. The molecule has 20 heavy (non-hydrogen) atoms. The number of carbonyl (C=O) groups excluding carboxylic acids is 1. The average molecular weight is 269 g/mol. The summed E-state index contributed by atoms with van der Waals surface area (Å²) < 4.78 is 5.60. The van der Waals surface area contributed by atoms with Gasteiger partial charge in [-0.1, -0.05) is 48.5 Å². The van der Waals surface area contributed by atoms with E-state index in [9.17, 15) is 4.79 Å². The molecule has 0 aliphatic rings. The lowest BCUT2D eigenvalue weighted by molar-refractivity contribution is -0.127. The van der Waals surface area contributed by atoms with Crippen LogP contribution in [0.4, 0.5) is 0 Å². The summed E-state index contributed by atoms with van der Waals surface area (Å²) in [5, 5.41) is 2.95. The third-order valence-electron chi connectivity index (χ3n) is 3.08. The largest absolute Gasteiger partial charge is 0.481 e. The molecule has 104 valence electrons. The minimum atomic E-state index is -0.524. The second kappa shape index (κ2) is 6.75. The van der Waals surface area contributed by atoms with E-state index in [1.54, 1.807) is 6.92 Å². The molecule has 1 amide bonds. The lowest BCUT2D eigenvalue weighted by atomic mass is 10.1. The molecule has 3 heteroatoms. The van der Waals surface area contributed by atoms with Gasteiger partial charge in [0, 0.05) is 0 Å². The van der Waals surface area contributed by atoms with Crippen molar-refractivity contribution in [3.63, 3.8) is 0 Å². The van der Waals surface area contributed by atoms with Crippen molar-refractivity contribution in [1.29, 1.82) is 0 Å². The Morgan fingerprint density at radius 2 is 1.50 bits per heavy atom. The third-order valence-corrected chi connectivity index (χ3v) is 3.08. The highest BCUT2D eigenvalue weighted by Gasteiger charge is 2.17. The van der Waals surface area contributed by atoms with E-state index in [2.05, 4.69) is 5.32 Å². The van der Waals surface area contributed by atoms with Crippen molar-refractivity contribution in [2.45, 2.75) is 26.0 Å². The molecule has 0 bridgehead atoms. The van der Waals surface area contributed by atoms with Crippen LogP contribution in [0.25, 0.3) is 0 Å². The highest BCUT2D eigenvalue weighted by Crippen LogP contribution is 2.13. The van der Waals surface area contributed by atoms with E-state index in [-0.39, 0.29) is 11.9 Å². The van der Waals surface area contributed by atoms with Gasteiger partial charge in [-0.15, -0.1) is 0 Å². The Kier molecular flexibility index (Phi) is 4.77. The van der Waals surface area contributed by atoms with Gasteiger partial charge in [0.05, 0.1) is 6.04 Å². The van der Waals surface area contributed by atoms with Crippen molar-refractivity contribution in [1.82, 2.24) is 5.32 Å². The van der Waals surface area contributed by atoms with Crippen LogP contribution in [0, 0.1) is 0 Å². The van der Waals surface area contributed by atoms with Crippen LogP contribution in [0.15, 0.2) is 60.7 Å². The van der Waals surface area contributed by atoms with E-state index in [0.717, 1.165) is 5.56 Å². The first-order chi connectivity index (χ1) is 9.66. The molecule has 2 rings (SSSR count). The maximum absolute atomic E-state index is 12.1. The van der Waals surface area contributed by atoms with E-state index in [4.69, 9.17) is 4.74 Å². The number of hydrogen-bond acceptors (Lipinski definition) is 2. The fourth-order valence-electron chi connectivity index (χ4n) is 1.91. The van der Waals surface area contributed by atoms with Crippen LogP contribution in [0.1, 0.15) is 25.5 Å². The number of rotatable bonds is 5. The zero-order chi connectivity index (χ0) is 14.4. The molecule has 0 unspecified atom stereocenters. The Hall–Kier alpha value is -2.29. The SMILES string of the molecule is C[C@H](Oc1ccccc1)C(=O)N[C@@H](C)c1ccccc1. The fraction of sp³-hybridized carbons (Fsp3) is 0.235. The summed E-state index contributed by atoms with van der Waals surface area (Å²) >= 11 is 0. The van der Waals surface area contributed by atoms with Gasteiger partial charge < -0.3 is 10.1 Å². The molecule has 0 saturated heterocycles. The van der Waals surface area contributed by atoms with E-state index >= 15 is 0 Å². The molecule has 0 spiro atoms. The molecular weight excluding hydrogens is 250 g/mol. The smallest absolute Gasteiger partial charge is 0.261 e. The van der Waals surface area contributed by atoms with Crippen molar-refractivity contribution in [3.05, 3.63) is 66.2 Å². The van der Waals surface area contributed by atoms with Crippen molar-refractivity contribution in [2.75, 3.05) is 0 Å². The van der Waals surface area contributed by atoms with Crippen LogP contribution in [-0.4, -0.2) is 12.0 Å². The number of ether oxygens (including phenoxy) is 1. The van der Waals surface area contributed by atoms with Crippen molar-refractivity contribution >= 4 is 5.91 Å². The van der Waals surface area contributed by atoms with Gasteiger partial charge in [-0.3, -0.25) is 4.79 Å². The minimum absolute atomic E-state index is 0.0366. The number of amides is 1. The van der Waals surface area contributed by atoms with Crippen LogP contribution in [0.2, 0.25) is 0 Å². The van der Waals surface area contributed by atoms with Crippen LogP contribution in [-0.2, 0) is 4.79 Å². The van der Waals surface area contributed by atoms with Crippen LogP contribution < -0.4 is 10.1 Å². The standard InChI is InChI=1S/C17H19NO2/c1-13(15-9-5-3-6-10-15)18-17(19)14(2)20-16-11-7-4-8-12-16/h3-14H,1-2H3,(H,18,19)/t13-,14-/m0/s1. The Balaban J connectivity index is 1.91. The van der Waals surface area contributed by atoms with E-state index in [1.807, 2.05) is 67.6 Å². The maximum atomic E-state index is 12.1. The highest BCUT2D eigenvalue weighted by molar-refractivity contribution is 5.81. The summed E-state index contributed by atoms with van der Waals surface area (Å²) in [4.78, 5) is 12.1. The van der Waals surface area contributed by atoms with Crippen LogP contribution in [0.3, 0.4) is 0 Å². The number of nitrogens with one attached hydrogen (secondary N) is 1. The predicted molar refractivity (Wildman–Crippen MR) is 79.5 cm³/mol. The lowest BCUT2D eigenvalue weighted by Crippen LogP contribution is -2.37. The zero-order valence-corrected chi connectivity index (χ0v) is 11.7. The normalized spacial score (nSPS) is 13.3. The predicted octanol–water partition coefficient (Wildman–Crippen LogP) is 3.33. The lowest BCUT2D eigenvalue weighted by Gasteiger charge is -2.19. The van der Waals surface area contributed by atoms with Gasteiger partial charge in [0.1, 0.15) is 5.75 Å². The second-order valence-corrected chi connectivity index (χ2v) is 4.71. The first-order valence-corrected chi connectivity index (χ1v) is 6.74. The molecule has 0 fully saturated rings. The topological polar surface area (TPSA) is 38.3 Å². The molecule has 0 aromatic heterocycles. The Morgan fingerprint density at radius 1 is 0.950 bits per heavy atom. The van der Waals surface area contributed by atoms with Crippen molar-refractivity contribution < 1.29 is 9.53 Å². The van der Waals surface area contributed by atoms with Gasteiger partial charge in [-0.2, -0.15) is 0 Å². The van der Waals surface area contributed by atoms with Gasteiger partial charge in [0.15, 0.2) is 6.10 Å². The number of carbonyl (C=O) groups is 1. The molecule has 2 aromatic rings. The monoisotopic (exact) mass is 269 g/mol. The Morgan fingerprint density at radius 3 is 2.10 bits per heavy atom. The van der Waals surface area contributed by atoms with Gasteiger partial charge >= 0.3 is 0 Å². The molecule has 0 aliphatic heterocycles. The van der Waals surface area contributed by atoms with E-state index in [1.165, 1.54) is 0 Å². The van der Waals surface area contributed by atoms with E-state index in [0.29, 0.717) is 5.75 Å². The van der Waals surface area contributed by atoms with Crippen molar-refractivity contribution in [2.24, 2.45) is 0 Å².